The van der Waals surface area contributed by atoms with Crippen LogP contribution >= 0.6 is 39.0 Å². The maximum Gasteiger partial charge on any atom is 0.194 e. The lowest BCUT2D eigenvalue weighted by atomic mass is 10.7. The maximum absolute atomic E-state index is 4.10. The fourth-order valence-electron chi connectivity index (χ4n) is 0.639. The number of hydrogen-bond donors (Lipinski definition) is 0. The summed E-state index contributed by atoms with van der Waals surface area (Å²) >= 11 is 6.14. The molecule has 2 rings (SSSR count). The van der Waals surface area contributed by atoms with Gasteiger partial charge in [-0.25, -0.2) is 9.97 Å². The fourth-order valence-corrected chi connectivity index (χ4v) is 2.12. The van der Waals surface area contributed by atoms with Crippen LogP contribution in [0.4, 0.5) is 0 Å². The molecule has 2 heterocycles. The molecule has 0 amide bonds. The molecule has 0 N–H and O–H groups in total. The Morgan fingerprint density at radius 3 is 2.69 bits per heavy atom. The van der Waals surface area contributed by atoms with Crippen molar-refractivity contribution >= 4 is 39.0 Å². The van der Waals surface area contributed by atoms with Crippen molar-refractivity contribution in [3.63, 3.8) is 0 Å². The molecule has 0 saturated carbocycles. The molecule has 0 spiro atoms. The third kappa shape index (κ3) is 2.45. The summed E-state index contributed by atoms with van der Waals surface area (Å²) in [6.07, 6.45) is 3.41. The van der Waals surface area contributed by atoms with Crippen LogP contribution in [0.25, 0.3) is 0 Å². The molecule has 2 aromatic rings. The lowest BCUT2D eigenvalue weighted by Gasteiger charge is -1.93. The second kappa shape index (κ2) is 4.12. The zero-order chi connectivity index (χ0) is 9.10. The van der Waals surface area contributed by atoms with Crippen molar-refractivity contribution in [2.45, 2.75) is 9.50 Å². The van der Waals surface area contributed by atoms with Crippen molar-refractivity contribution < 1.29 is 0 Å². The van der Waals surface area contributed by atoms with Crippen LogP contribution in [-0.2, 0) is 0 Å². The highest BCUT2D eigenvalue weighted by atomic mass is 79.9. The maximum atomic E-state index is 4.10. The van der Waals surface area contributed by atoms with E-state index < -0.39 is 0 Å². The van der Waals surface area contributed by atoms with Crippen molar-refractivity contribution in [3.8, 4) is 0 Å². The Balaban J connectivity index is 2.15. The van der Waals surface area contributed by atoms with E-state index >= 15 is 0 Å². The quantitative estimate of drug-likeness (QED) is 0.787. The molecule has 2 aromatic heterocycles. The summed E-state index contributed by atoms with van der Waals surface area (Å²) in [5, 5.41) is 8.27. The predicted molar refractivity (Wildman–Crippen MR) is 53.8 cm³/mol. The van der Waals surface area contributed by atoms with Gasteiger partial charge in [0.05, 0.1) is 4.47 Å². The third-order valence-corrected chi connectivity index (χ3v) is 3.20. The summed E-state index contributed by atoms with van der Waals surface area (Å²) in [5.74, 6) is 0. The SMILES string of the molecule is Brc1cnc(Sc2nncs2)nc1. The van der Waals surface area contributed by atoms with Gasteiger partial charge in [0.15, 0.2) is 9.50 Å². The molecule has 0 aliphatic heterocycles. The monoisotopic (exact) mass is 274 g/mol. The normalized spacial score (nSPS) is 10.2. The predicted octanol–water partition coefficient (Wildman–Crippen LogP) is 2.24. The van der Waals surface area contributed by atoms with Gasteiger partial charge in [0.25, 0.3) is 0 Å². The summed E-state index contributed by atoms with van der Waals surface area (Å²) < 4.78 is 1.72. The lowest BCUT2D eigenvalue weighted by molar-refractivity contribution is 0.947. The largest absolute Gasteiger partial charge is 0.230 e. The Hall–Kier alpha value is -0.530. The molecule has 4 nitrogen and oxygen atoms in total. The summed E-state index contributed by atoms with van der Waals surface area (Å²) in [4.78, 5) is 8.19. The highest BCUT2D eigenvalue weighted by molar-refractivity contribution is 9.10. The first-order valence-corrected chi connectivity index (χ1v) is 5.75. The van der Waals surface area contributed by atoms with Crippen molar-refractivity contribution in [1.29, 1.82) is 0 Å². The Kier molecular flexibility index (Phi) is 2.87. The third-order valence-electron chi connectivity index (χ3n) is 1.12. The smallest absolute Gasteiger partial charge is 0.194 e. The zero-order valence-electron chi connectivity index (χ0n) is 6.22. The van der Waals surface area contributed by atoms with Gasteiger partial charge >= 0.3 is 0 Å². The van der Waals surface area contributed by atoms with E-state index in [1.807, 2.05) is 0 Å². The second-order valence-corrected chi connectivity index (χ2v) is 4.95. The number of hydrogen-bond acceptors (Lipinski definition) is 6. The van der Waals surface area contributed by atoms with Gasteiger partial charge in [-0.1, -0.05) is 11.3 Å². The molecule has 7 heteroatoms. The van der Waals surface area contributed by atoms with Crippen molar-refractivity contribution in [2.24, 2.45) is 0 Å². The first kappa shape index (κ1) is 9.04. The Morgan fingerprint density at radius 2 is 2.08 bits per heavy atom. The molecular formula is C6H3BrN4S2. The van der Waals surface area contributed by atoms with Gasteiger partial charge in [0, 0.05) is 12.4 Å². The summed E-state index contributed by atoms with van der Waals surface area (Å²) in [5.41, 5.74) is 1.68. The number of aromatic nitrogens is 4. The molecule has 0 aliphatic carbocycles. The van der Waals surface area contributed by atoms with E-state index in [0.29, 0.717) is 5.16 Å². The van der Waals surface area contributed by atoms with Gasteiger partial charge in [-0.15, -0.1) is 10.2 Å². The van der Waals surface area contributed by atoms with Crippen molar-refractivity contribution in [1.82, 2.24) is 20.2 Å². The van der Waals surface area contributed by atoms with Gasteiger partial charge in [0.2, 0.25) is 0 Å². The molecule has 0 fully saturated rings. The van der Waals surface area contributed by atoms with Crippen LogP contribution in [0.2, 0.25) is 0 Å². The van der Waals surface area contributed by atoms with Gasteiger partial charge in [-0.2, -0.15) is 0 Å². The molecular weight excluding hydrogens is 272 g/mol. The summed E-state index contributed by atoms with van der Waals surface area (Å²) in [6.45, 7) is 0. The van der Waals surface area contributed by atoms with Gasteiger partial charge in [-0.3, -0.25) is 0 Å². The van der Waals surface area contributed by atoms with E-state index in [1.54, 1.807) is 17.9 Å². The molecule has 0 bridgehead atoms. The molecule has 13 heavy (non-hydrogen) atoms. The van der Waals surface area contributed by atoms with Gasteiger partial charge < -0.3 is 0 Å². The Morgan fingerprint density at radius 1 is 1.31 bits per heavy atom. The molecule has 0 unspecified atom stereocenters. The highest BCUT2D eigenvalue weighted by Crippen LogP contribution is 2.25. The summed E-state index contributed by atoms with van der Waals surface area (Å²) in [7, 11) is 0. The van der Waals surface area contributed by atoms with Crippen LogP contribution in [0.3, 0.4) is 0 Å². The van der Waals surface area contributed by atoms with E-state index in [4.69, 9.17) is 0 Å². The fraction of sp³-hybridized carbons (Fsp3) is 0. The van der Waals surface area contributed by atoms with E-state index in [0.717, 1.165) is 8.81 Å². The topological polar surface area (TPSA) is 51.6 Å². The van der Waals surface area contributed by atoms with Crippen molar-refractivity contribution in [2.75, 3.05) is 0 Å². The standard InChI is InChI=1S/C6H3BrN4S2/c7-4-1-8-5(9-2-4)13-6-11-10-3-12-6/h1-3H. The average molecular weight is 275 g/mol. The number of rotatable bonds is 2. The van der Waals surface area contributed by atoms with E-state index in [9.17, 15) is 0 Å². The molecule has 66 valence electrons. The minimum Gasteiger partial charge on any atom is -0.230 e. The molecule has 0 aromatic carbocycles. The Labute approximate surface area is 91.0 Å². The van der Waals surface area contributed by atoms with Crippen LogP contribution in [0.15, 0.2) is 31.9 Å². The lowest BCUT2D eigenvalue weighted by Crippen LogP contribution is -1.83. The van der Waals surface area contributed by atoms with Gasteiger partial charge in [-0.05, 0) is 27.7 Å². The van der Waals surface area contributed by atoms with E-state index in [-0.39, 0.29) is 0 Å². The van der Waals surface area contributed by atoms with E-state index in [1.165, 1.54) is 23.1 Å². The van der Waals surface area contributed by atoms with Crippen LogP contribution in [0.1, 0.15) is 0 Å². The zero-order valence-corrected chi connectivity index (χ0v) is 9.43. The first-order valence-electron chi connectivity index (χ1n) is 3.26. The molecule has 0 saturated heterocycles. The average Bonchev–Trinajstić information content (AvgIpc) is 2.62. The first-order chi connectivity index (χ1) is 6.34. The molecule has 0 aliphatic rings. The molecule has 0 atom stereocenters. The van der Waals surface area contributed by atoms with Gasteiger partial charge in [0.1, 0.15) is 5.51 Å². The minimum atomic E-state index is 0.681. The van der Waals surface area contributed by atoms with Crippen LogP contribution in [0, 0.1) is 0 Å². The van der Waals surface area contributed by atoms with Crippen LogP contribution in [-0.4, -0.2) is 20.2 Å². The number of halogens is 1. The minimum absolute atomic E-state index is 0.681. The van der Waals surface area contributed by atoms with Crippen LogP contribution in [0.5, 0.6) is 0 Å². The Bertz CT molecular complexity index is 374. The highest BCUT2D eigenvalue weighted by Gasteiger charge is 2.02. The number of nitrogens with zero attached hydrogens (tertiary/aromatic N) is 4. The van der Waals surface area contributed by atoms with Crippen LogP contribution < -0.4 is 0 Å². The second-order valence-electron chi connectivity index (χ2n) is 1.99. The molecule has 0 radical (unpaired) electrons. The van der Waals surface area contributed by atoms with Crippen molar-refractivity contribution in [3.05, 3.63) is 22.4 Å². The van der Waals surface area contributed by atoms with E-state index in [2.05, 4.69) is 36.1 Å². The summed E-state index contributed by atoms with van der Waals surface area (Å²) in [6, 6.07) is 0.